The van der Waals surface area contributed by atoms with E-state index in [0.717, 1.165) is 116 Å². The van der Waals surface area contributed by atoms with Crippen molar-refractivity contribution in [2.75, 3.05) is 13.2 Å². The molecule has 6 heteroatoms. The minimum absolute atomic E-state index is 0.114. The van der Waals surface area contributed by atoms with Gasteiger partial charge in [-0.15, -0.1) is 0 Å². The maximum atomic E-state index is 12.9. The average molecular weight is 1090 g/mol. The zero-order valence-electron chi connectivity index (χ0n) is 51.3. The fourth-order valence-electron chi connectivity index (χ4n) is 8.81. The summed E-state index contributed by atoms with van der Waals surface area (Å²) in [6.45, 7) is 6.34. The van der Waals surface area contributed by atoms with Gasteiger partial charge in [0.25, 0.3) is 0 Å². The van der Waals surface area contributed by atoms with Crippen molar-refractivity contribution in [3.8, 4) is 0 Å². The third-order valence-electron chi connectivity index (χ3n) is 13.6. The van der Waals surface area contributed by atoms with Crippen LogP contribution in [0.2, 0.25) is 0 Å². The van der Waals surface area contributed by atoms with E-state index in [4.69, 9.17) is 14.2 Å². The summed E-state index contributed by atoms with van der Waals surface area (Å²) in [6.07, 6.45) is 93.4. The van der Waals surface area contributed by atoms with Crippen LogP contribution in [0.15, 0.2) is 134 Å². The molecule has 1 atom stereocenters. The van der Waals surface area contributed by atoms with E-state index in [2.05, 4.69) is 148 Å². The van der Waals surface area contributed by atoms with E-state index in [-0.39, 0.29) is 44.0 Å². The van der Waals surface area contributed by atoms with Crippen LogP contribution in [0.25, 0.3) is 0 Å². The van der Waals surface area contributed by atoms with E-state index in [1.165, 1.54) is 128 Å². The van der Waals surface area contributed by atoms with Gasteiger partial charge in [-0.2, -0.15) is 0 Å². The number of hydrogen-bond donors (Lipinski definition) is 0. The number of carbonyl (C=O) groups is 3. The Morgan fingerprint density at radius 1 is 0.266 bits per heavy atom. The maximum absolute atomic E-state index is 12.9. The molecule has 0 heterocycles. The molecule has 79 heavy (non-hydrogen) atoms. The van der Waals surface area contributed by atoms with Crippen LogP contribution >= 0.6 is 0 Å². The van der Waals surface area contributed by atoms with Crippen molar-refractivity contribution in [1.82, 2.24) is 0 Å². The van der Waals surface area contributed by atoms with Crippen molar-refractivity contribution in [2.24, 2.45) is 0 Å². The Kier molecular flexibility index (Phi) is 62.3. The first-order valence-corrected chi connectivity index (χ1v) is 32.7. The smallest absolute Gasteiger partial charge is 0.306 e. The van der Waals surface area contributed by atoms with E-state index in [9.17, 15) is 14.4 Å². The first-order valence-electron chi connectivity index (χ1n) is 32.7. The number of esters is 3. The van der Waals surface area contributed by atoms with Crippen molar-refractivity contribution < 1.29 is 28.6 Å². The molecule has 1 unspecified atom stereocenters. The fraction of sp³-hybridized carbons (Fsp3) is 0.658. The highest BCUT2D eigenvalue weighted by Gasteiger charge is 2.19. The normalized spacial score (nSPS) is 13.0. The largest absolute Gasteiger partial charge is 0.462 e. The highest BCUT2D eigenvalue weighted by atomic mass is 16.6. The lowest BCUT2D eigenvalue weighted by Crippen LogP contribution is -2.30. The van der Waals surface area contributed by atoms with Crippen LogP contribution in [-0.4, -0.2) is 37.2 Å². The van der Waals surface area contributed by atoms with E-state index in [0.29, 0.717) is 12.8 Å². The molecule has 0 bridgehead atoms. The molecule has 0 aliphatic carbocycles. The molecule has 0 aliphatic rings. The SMILES string of the molecule is CC/C=C\C/C=C\C/C=C\C/C=C\C/C=C\C/C=C\CCCCCCC(=O)OC(COC(=O)CC/C=C\C/C=C\C/C=C\C/C=C\CC)COC(=O)CCCCCCCCCCCCCCC/C=C\CCCCCCCCCC. The molecule has 0 rings (SSSR count). The second kappa shape index (κ2) is 66.1. The summed E-state index contributed by atoms with van der Waals surface area (Å²) in [6, 6.07) is 0. The minimum atomic E-state index is -0.826. The van der Waals surface area contributed by atoms with Gasteiger partial charge in [-0.3, -0.25) is 14.4 Å². The predicted octanol–water partition coefficient (Wildman–Crippen LogP) is 22.5. The summed E-state index contributed by atoms with van der Waals surface area (Å²) in [5.41, 5.74) is 0. The van der Waals surface area contributed by atoms with Crippen molar-refractivity contribution in [3.63, 3.8) is 0 Å². The number of ether oxygens (including phenoxy) is 3. The first-order chi connectivity index (χ1) is 39.0. The standard InChI is InChI=1S/C73H120O6/c1-4-7-10-13-16-19-22-25-27-29-31-33-35-36-38-39-41-43-45-48-51-54-57-60-63-66-72(75)78-69-70(68-77-71(74)65-62-59-56-53-50-47-24-21-18-15-12-9-6-3)79-73(76)67-64-61-58-55-52-49-46-44-42-40-37-34-32-30-28-26-23-20-17-14-11-8-5-2/h8-9,11-12,17-18,20-21,26,28-29,31-32,34,40,42,46-47,49-50,56,59,70H,4-7,10,13-16,19,22-25,27,30,33,35-39,41,43-45,48,51-55,57-58,60-69H2,1-3H3/b11-8-,12-9-,20-17-,21-18-,28-26-,31-29-,34-32-,42-40-,49-46-,50-47-,59-56-. The van der Waals surface area contributed by atoms with Gasteiger partial charge in [0, 0.05) is 19.3 Å². The number of unbranched alkanes of at least 4 members (excludes halogenated alkanes) is 25. The lowest BCUT2D eigenvalue weighted by atomic mass is 10.0. The fourth-order valence-corrected chi connectivity index (χ4v) is 8.81. The van der Waals surface area contributed by atoms with Crippen LogP contribution in [-0.2, 0) is 28.6 Å². The maximum Gasteiger partial charge on any atom is 0.306 e. The molecule has 0 N–H and O–H groups in total. The number of carbonyl (C=O) groups excluding carboxylic acids is 3. The summed E-state index contributed by atoms with van der Waals surface area (Å²) in [4.78, 5) is 38.3. The van der Waals surface area contributed by atoms with Crippen molar-refractivity contribution in [3.05, 3.63) is 134 Å². The van der Waals surface area contributed by atoms with E-state index >= 15 is 0 Å². The number of hydrogen-bond acceptors (Lipinski definition) is 6. The zero-order valence-corrected chi connectivity index (χ0v) is 51.3. The second-order valence-corrected chi connectivity index (χ2v) is 21.3. The molecular weight excluding hydrogens is 973 g/mol. The molecule has 0 amide bonds. The lowest BCUT2D eigenvalue weighted by molar-refractivity contribution is -0.166. The van der Waals surface area contributed by atoms with Crippen molar-refractivity contribution >= 4 is 17.9 Å². The molecule has 448 valence electrons. The summed E-state index contributed by atoms with van der Waals surface area (Å²) in [5.74, 6) is -1.02. The summed E-state index contributed by atoms with van der Waals surface area (Å²) in [5, 5.41) is 0. The zero-order chi connectivity index (χ0) is 57.1. The molecule has 0 aromatic rings. The first kappa shape index (κ1) is 74.5. The van der Waals surface area contributed by atoms with Gasteiger partial charge in [0.2, 0.25) is 0 Å². The minimum Gasteiger partial charge on any atom is -0.462 e. The second-order valence-electron chi connectivity index (χ2n) is 21.3. The molecule has 0 aliphatic heterocycles. The molecule has 0 aromatic carbocycles. The molecular formula is C73H120O6. The van der Waals surface area contributed by atoms with E-state index < -0.39 is 6.10 Å². The molecule has 0 aromatic heterocycles. The van der Waals surface area contributed by atoms with Gasteiger partial charge in [0.15, 0.2) is 6.10 Å². The molecule has 6 nitrogen and oxygen atoms in total. The van der Waals surface area contributed by atoms with E-state index in [1.807, 2.05) is 6.08 Å². The summed E-state index contributed by atoms with van der Waals surface area (Å²) >= 11 is 0. The molecule has 0 radical (unpaired) electrons. The van der Waals surface area contributed by atoms with Gasteiger partial charge in [-0.25, -0.2) is 0 Å². The predicted molar refractivity (Wildman–Crippen MR) is 343 cm³/mol. The van der Waals surface area contributed by atoms with Crippen LogP contribution in [0.5, 0.6) is 0 Å². The summed E-state index contributed by atoms with van der Waals surface area (Å²) in [7, 11) is 0. The highest BCUT2D eigenvalue weighted by molar-refractivity contribution is 5.71. The quantitative estimate of drug-likeness (QED) is 0.0261. The summed E-state index contributed by atoms with van der Waals surface area (Å²) < 4.78 is 16.8. The van der Waals surface area contributed by atoms with Crippen LogP contribution in [0.1, 0.15) is 290 Å². The third-order valence-corrected chi connectivity index (χ3v) is 13.6. The molecule has 0 saturated heterocycles. The van der Waals surface area contributed by atoms with Crippen molar-refractivity contribution in [1.29, 1.82) is 0 Å². The Labute approximate surface area is 487 Å². The van der Waals surface area contributed by atoms with Crippen LogP contribution in [0, 0.1) is 0 Å². The number of rotatable bonds is 58. The van der Waals surface area contributed by atoms with Gasteiger partial charge in [-0.1, -0.05) is 283 Å². The van der Waals surface area contributed by atoms with Gasteiger partial charge < -0.3 is 14.2 Å². The Hall–Kier alpha value is -4.45. The Balaban J connectivity index is 4.41. The van der Waals surface area contributed by atoms with Gasteiger partial charge >= 0.3 is 17.9 Å². The van der Waals surface area contributed by atoms with Crippen LogP contribution in [0.4, 0.5) is 0 Å². The topological polar surface area (TPSA) is 78.9 Å². The number of allylic oxidation sites excluding steroid dienone is 22. The lowest BCUT2D eigenvalue weighted by Gasteiger charge is -2.18. The Bertz CT molecular complexity index is 1680. The third kappa shape index (κ3) is 64.3. The Morgan fingerprint density at radius 3 is 0.861 bits per heavy atom. The molecule has 0 fully saturated rings. The highest BCUT2D eigenvalue weighted by Crippen LogP contribution is 2.16. The van der Waals surface area contributed by atoms with Crippen LogP contribution < -0.4 is 0 Å². The van der Waals surface area contributed by atoms with Crippen LogP contribution in [0.3, 0.4) is 0 Å². The molecule has 0 saturated carbocycles. The average Bonchev–Trinajstić information content (AvgIpc) is 3.45. The monoisotopic (exact) mass is 1090 g/mol. The molecule has 0 spiro atoms. The van der Waals surface area contributed by atoms with E-state index in [1.54, 1.807) is 0 Å². The van der Waals surface area contributed by atoms with Gasteiger partial charge in [0.05, 0.1) is 0 Å². The van der Waals surface area contributed by atoms with Gasteiger partial charge in [0.1, 0.15) is 13.2 Å². The van der Waals surface area contributed by atoms with Gasteiger partial charge in [-0.05, 0) is 122 Å². The van der Waals surface area contributed by atoms with Crippen molar-refractivity contribution in [2.45, 2.75) is 297 Å². The Morgan fingerprint density at radius 2 is 0.519 bits per heavy atom.